The van der Waals surface area contributed by atoms with Crippen LogP contribution in [0.5, 0.6) is 5.88 Å². The highest BCUT2D eigenvalue weighted by Gasteiger charge is 2.01. The zero-order valence-electron chi connectivity index (χ0n) is 10.1. The molecule has 90 valence electrons. The molecule has 0 atom stereocenters. The molecule has 0 bridgehead atoms. The van der Waals surface area contributed by atoms with Gasteiger partial charge in [0.05, 0.1) is 13.7 Å². The minimum atomic E-state index is 0.514. The molecule has 0 fully saturated rings. The summed E-state index contributed by atoms with van der Waals surface area (Å²) in [5, 5.41) is 7.98. The van der Waals surface area contributed by atoms with Gasteiger partial charge in [0.2, 0.25) is 12.2 Å². The first kappa shape index (κ1) is 11.6. The van der Waals surface area contributed by atoms with Crippen LogP contribution in [0.2, 0.25) is 0 Å². The number of hydrogen-bond acceptors (Lipinski definition) is 3. The van der Waals surface area contributed by atoms with E-state index in [9.17, 15) is 0 Å². The molecule has 0 spiro atoms. The van der Waals surface area contributed by atoms with E-state index in [-0.39, 0.29) is 0 Å². The van der Waals surface area contributed by atoms with Gasteiger partial charge >= 0.3 is 0 Å². The number of nitrogens with zero attached hydrogens (tertiary/aromatic N) is 4. The minimum Gasteiger partial charge on any atom is -0.480 e. The summed E-state index contributed by atoms with van der Waals surface area (Å²) in [5.74, 6) is 1.25. The van der Waals surface area contributed by atoms with Crippen LogP contribution in [0.15, 0.2) is 24.5 Å². The highest BCUT2D eigenvalue weighted by atomic mass is 16.5. The van der Waals surface area contributed by atoms with Gasteiger partial charge in [0.25, 0.3) is 0 Å². The lowest BCUT2D eigenvalue weighted by molar-refractivity contribution is -0.700. The van der Waals surface area contributed by atoms with E-state index in [1.54, 1.807) is 13.2 Å². The largest absolute Gasteiger partial charge is 0.480 e. The summed E-state index contributed by atoms with van der Waals surface area (Å²) in [4.78, 5) is 0. The Morgan fingerprint density at radius 2 is 2.29 bits per heavy atom. The Morgan fingerprint density at radius 1 is 1.41 bits per heavy atom. The molecule has 5 heteroatoms. The molecule has 2 aromatic rings. The van der Waals surface area contributed by atoms with Crippen LogP contribution in [-0.4, -0.2) is 21.9 Å². The average molecular weight is 232 g/mol. The second-order valence-electron chi connectivity index (χ2n) is 3.75. The first-order chi connectivity index (χ1) is 8.33. The summed E-state index contributed by atoms with van der Waals surface area (Å²) in [6, 6.07) is 3.64. The van der Waals surface area contributed by atoms with E-state index in [1.165, 1.54) is 6.42 Å². The Balaban J connectivity index is 2.12. The van der Waals surface area contributed by atoms with Gasteiger partial charge < -0.3 is 13.9 Å². The van der Waals surface area contributed by atoms with E-state index in [4.69, 9.17) is 4.74 Å². The van der Waals surface area contributed by atoms with Crippen LogP contribution in [0.3, 0.4) is 0 Å². The van der Waals surface area contributed by atoms with E-state index in [2.05, 4.69) is 23.4 Å². The molecule has 0 aliphatic heterocycles. The topological polar surface area (TPSA) is 43.8 Å². The summed E-state index contributed by atoms with van der Waals surface area (Å²) in [7, 11) is 1.57. The van der Waals surface area contributed by atoms with Crippen molar-refractivity contribution in [3.63, 3.8) is 0 Å². The van der Waals surface area contributed by atoms with E-state index >= 15 is 0 Å². The molecule has 0 saturated heterocycles. The fourth-order valence-electron chi connectivity index (χ4n) is 1.48. The molecule has 0 N–H and O–H groups in total. The number of methoxy groups -OCH3 is 1. The first-order valence-electron chi connectivity index (χ1n) is 5.71. The number of ether oxygens (including phenoxy) is 1. The normalized spacial score (nSPS) is 10.5. The van der Waals surface area contributed by atoms with Crippen LogP contribution in [0, 0.1) is 6.33 Å². The molecule has 2 aromatic heterocycles. The number of unbranched alkanes of at least 4 members (excludes halogenated alkanes) is 1. The van der Waals surface area contributed by atoms with Gasteiger partial charge in [0.15, 0.2) is 5.82 Å². The molecule has 2 rings (SSSR count). The van der Waals surface area contributed by atoms with Gasteiger partial charge in [0.1, 0.15) is 0 Å². The third kappa shape index (κ3) is 2.81. The maximum atomic E-state index is 4.97. The fraction of sp³-hybridized carbons (Fsp3) is 0.417. The smallest absolute Gasteiger partial charge is 0.244 e. The van der Waals surface area contributed by atoms with Crippen molar-refractivity contribution in [2.24, 2.45) is 0 Å². The predicted molar refractivity (Wildman–Crippen MR) is 61.9 cm³/mol. The van der Waals surface area contributed by atoms with Gasteiger partial charge in [-0.25, -0.2) is 0 Å². The molecular weight excluding hydrogens is 216 g/mol. The summed E-state index contributed by atoms with van der Waals surface area (Å²) >= 11 is 0. The van der Waals surface area contributed by atoms with Gasteiger partial charge in [-0.2, -0.15) is 5.10 Å². The van der Waals surface area contributed by atoms with Crippen LogP contribution in [0.4, 0.5) is 0 Å². The number of imidazole rings is 1. The van der Waals surface area contributed by atoms with Gasteiger partial charge in [-0.05, 0) is 18.6 Å². The number of aryl methyl sites for hydroxylation is 1. The zero-order chi connectivity index (χ0) is 12.1. The van der Waals surface area contributed by atoms with Crippen LogP contribution >= 0.6 is 0 Å². The Morgan fingerprint density at radius 3 is 2.94 bits per heavy atom. The van der Waals surface area contributed by atoms with Crippen molar-refractivity contribution in [3.05, 3.63) is 30.9 Å². The Bertz CT molecular complexity index is 464. The maximum Gasteiger partial charge on any atom is 0.244 e. The van der Waals surface area contributed by atoms with Gasteiger partial charge in [0, 0.05) is 12.4 Å². The quantitative estimate of drug-likeness (QED) is 0.574. The van der Waals surface area contributed by atoms with Gasteiger partial charge in [-0.1, -0.05) is 13.3 Å². The van der Waals surface area contributed by atoms with E-state index < -0.39 is 0 Å². The lowest BCUT2D eigenvalue weighted by atomic mass is 10.3. The summed E-state index contributed by atoms with van der Waals surface area (Å²) in [5.41, 5.74) is 0. The fourth-order valence-corrected chi connectivity index (χ4v) is 1.48. The summed E-state index contributed by atoms with van der Waals surface area (Å²) in [6.45, 7) is 3.15. The third-order valence-electron chi connectivity index (χ3n) is 2.47. The second-order valence-corrected chi connectivity index (χ2v) is 3.75. The summed E-state index contributed by atoms with van der Waals surface area (Å²) < 4.78 is 8.81. The monoisotopic (exact) mass is 232 g/mol. The predicted octanol–water partition coefficient (Wildman–Crippen LogP) is 1.16. The van der Waals surface area contributed by atoms with Crippen molar-refractivity contribution in [2.75, 3.05) is 7.11 Å². The van der Waals surface area contributed by atoms with E-state index in [0.717, 1.165) is 18.8 Å². The van der Waals surface area contributed by atoms with Crippen LogP contribution < -0.4 is 9.30 Å². The maximum absolute atomic E-state index is 4.97. The second kappa shape index (κ2) is 5.43. The van der Waals surface area contributed by atoms with E-state index in [0.29, 0.717) is 5.88 Å². The van der Waals surface area contributed by atoms with Gasteiger partial charge in [-0.15, -0.1) is 5.10 Å². The number of aromatic nitrogens is 4. The molecule has 0 aromatic carbocycles. The molecule has 0 radical (unpaired) electrons. The molecule has 2 heterocycles. The molecule has 0 aliphatic rings. The van der Waals surface area contributed by atoms with Crippen molar-refractivity contribution in [3.8, 4) is 11.7 Å². The SMILES string of the molecule is CCCC[n+]1[c-]n(-c2ccc(OC)nn2)cc1. The first-order valence-corrected chi connectivity index (χ1v) is 5.71. The van der Waals surface area contributed by atoms with Crippen molar-refractivity contribution < 1.29 is 9.30 Å². The molecule has 5 nitrogen and oxygen atoms in total. The molecule has 17 heavy (non-hydrogen) atoms. The average Bonchev–Trinajstić information content (AvgIpc) is 2.85. The van der Waals surface area contributed by atoms with Crippen molar-refractivity contribution in [1.82, 2.24) is 14.8 Å². The van der Waals surface area contributed by atoms with Crippen molar-refractivity contribution in [2.45, 2.75) is 26.3 Å². The number of hydrogen-bond donors (Lipinski definition) is 0. The summed E-state index contributed by atoms with van der Waals surface area (Å²) in [6.07, 6.45) is 9.43. The van der Waals surface area contributed by atoms with E-state index in [1.807, 2.05) is 27.6 Å². The molecule has 0 amide bonds. The lowest BCUT2D eigenvalue weighted by Gasteiger charge is -2.01. The molecule has 0 unspecified atom stereocenters. The number of rotatable bonds is 5. The Labute approximate surface area is 101 Å². The zero-order valence-corrected chi connectivity index (χ0v) is 10.1. The molecular formula is C12H16N4O. The van der Waals surface area contributed by atoms with Crippen molar-refractivity contribution >= 4 is 0 Å². The van der Waals surface area contributed by atoms with Crippen molar-refractivity contribution in [1.29, 1.82) is 0 Å². The van der Waals surface area contributed by atoms with Crippen LogP contribution in [0.25, 0.3) is 5.82 Å². The Kier molecular flexibility index (Phi) is 3.69. The van der Waals surface area contributed by atoms with Gasteiger partial charge in [-0.3, -0.25) is 0 Å². The standard InChI is InChI=1S/C12H16N4O/c1-3-4-7-15-8-9-16(10-15)11-5-6-12(17-2)14-13-11/h5-6,8-9H,3-4,7H2,1-2H3. The van der Waals surface area contributed by atoms with Crippen LogP contribution in [-0.2, 0) is 6.54 Å². The molecule has 0 aliphatic carbocycles. The highest BCUT2D eigenvalue weighted by molar-refractivity contribution is 5.22. The highest BCUT2D eigenvalue weighted by Crippen LogP contribution is 2.06. The Hall–Kier alpha value is -1.91. The molecule has 0 saturated carbocycles. The van der Waals surface area contributed by atoms with Crippen LogP contribution in [0.1, 0.15) is 19.8 Å². The minimum absolute atomic E-state index is 0.514. The lowest BCUT2D eigenvalue weighted by Crippen LogP contribution is -2.31. The third-order valence-corrected chi connectivity index (χ3v) is 2.47.